The Morgan fingerprint density at radius 2 is 2.04 bits per heavy atom. The van der Waals surface area contributed by atoms with Gasteiger partial charge in [-0.05, 0) is 31.6 Å². The van der Waals surface area contributed by atoms with E-state index < -0.39 is 5.97 Å². The summed E-state index contributed by atoms with van der Waals surface area (Å²) in [5, 5.41) is 15.4. The Morgan fingerprint density at radius 1 is 1.32 bits per heavy atom. The molecule has 2 heterocycles. The predicted octanol–water partition coefficient (Wildman–Crippen LogP) is 1.33. The van der Waals surface area contributed by atoms with Gasteiger partial charge < -0.3 is 15.3 Å². The zero-order chi connectivity index (χ0) is 18.0. The number of aromatic nitrogens is 2. The highest BCUT2D eigenvalue weighted by Crippen LogP contribution is 2.31. The van der Waals surface area contributed by atoms with Crippen LogP contribution < -0.4 is 5.32 Å². The minimum atomic E-state index is -1.00. The molecule has 2 aliphatic rings. The van der Waals surface area contributed by atoms with Gasteiger partial charge in [-0.2, -0.15) is 5.10 Å². The van der Waals surface area contributed by atoms with Gasteiger partial charge in [0.25, 0.3) is 0 Å². The molecule has 8 heteroatoms. The number of carboxylic acids is 1. The summed E-state index contributed by atoms with van der Waals surface area (Å²) in [6.07, 6.45) is 6.02. The van der Waals surface area contributed by atoms with Crippen LogP contribution in [0.2, 0.25) is 0 Å². The molecule has 0 bridgehead atoms. The average Bonchev–Trinajstić information content (AvgIpc) is 3.14. The molecule has 0 aromatic carbocycles. The van der Waals surface area contributed by atoms with Gasteiger partial charge in [0.2, 0.25) is 11.8 Å². The Kier molecular flexibility index (Phi) is 5.06. The van der Waals surface area contributed by atoms with Crippen LogP contribution in [0.5, 0.6) is 0 Å². The fourth-order valence-corrected chi connectivity index (χ4v) is 3.70. The van der Waals surface area contributed by atoms with Crippen LogP contribution in [0.4, 0.5) is 5.82 Å². The fraction of sp³-hybridized carbons (Fsp3) is 0.647. The van der Waals surface area contributed by atoms with E-state index in [1.54, 1.807) is 6.07 Å². The van der Waals surface area contributed by atoms with E-state index in [1.165, 1.54) is 10.9 Å². The summed E-state index contributed by atoms with van der Waals surface area (Å²) in [4.78, 5) is 37.3. The molecular formula is C17H24N4O4. The van der Waals surface area contributed by atoms with Crippen LogP contribution in [0.15, 0.2) is 12.3 Å². The third-order valence-electron chi connectivity index (χ3n) is 5.14. The van der Waals surface area contributed by atoms with E-state index in [0.29, 0.717) is 18.3 Å². The monoisotopic (exact) mass is 348 g/mol. The lowest BCUT2D eigenvalue weighted by Crippen LogP contribution is -2.39. The maximum Gasteiger partial charge on any atom is 0.325 e. The number of hydrogen-bond acceptors (Lipinski definition) is 4. The number of carboxylic acid groups (broad SMARTS) is 1. The van der Waals surface area contributed by atoms with E-state index >= 15 is 0 Å². The highest BCUT2D eigenvalue weighted by atomic mass is 16.4. The van der Waals surface area contributed by atoms with Gasteiger partial charge in [0.15, 0.2) is 5.82 Å². The topological polar surface area (TPSA) is 105 Å². The molecule has 1 atom stereocenters. The van der Waals surface area contributed by atoms with E-state index in [-0.39, 0.29) is 36.7 Å². The number of anilines is 1. The Balaban J connectivity index is 1.55. The zero-order valence-electron chi connectivity index (χ0n) is 14.4. The van der Waals surface area contributed by atoms with E-state index in [1.807, 2.05) is 4.90 Å². The van der Waals surface area contributed by atoms with Crippen LogP contribution in [0.3, 0.4) is 0 Å². The first-order valence-corrected chi connectivity index (χ1v) is 8.78. The van der Waals surface area contributed by atoms with Gasteiger partial charge in [0.05, 0.1) is 5.92 Å². The standard InChI is InChI=1S/C17H24N4O4/c1-11-2-4-13(5-3-11)21-9-12(8-15(21)22)17(25)18-14-6-7-20(19-14)10-16(23)24/h6-7,11-13H,2-5,8-10H2,1H3,(H,23,24)(H,18,19,25)/t11?,12-,13?/m1/s1. The number of aliphatic carboxylic acids is 1. The first kappa shape index (κ1) is 17.4. The van der Waals surface area contributed by atoms with Crippen molar-refractivity contribution in [3.05, 3.63) is 12.3 Å². The lowest BCUT2D eigenvalue weighted by Gasteiger charge is -2.33. The quantitative estimate of drug-likeness (QED) is 0.835. The molecule has 2 amide bonds. The minimum Gasteiger partial charge on any atom is -0.480 e. The lowest BCUT2D eigenvalue weighted by molar-refractivity contribution is -0.138. The lowest BCUT2D eigenvalue weighted by atomic mass is 9.87. The molecule has 1 aromatic rings. The van der Waals surface area contributed by atoms with Crippen molar-refractivity contribution < 1.29 is 19.5 Å². The second kappa shape index (κ2) is 7.25. The first-order chi connectivity index (χ1) is 11.9. The van der Waals surface area contributed by atoms with Crippen LogP contribution in [-0.2, 0) is 20.9 Å². The van der Waals surface area contributed by atoms with Crippen molar-refractivity contribution in [2.75, 3.05) is 11.9 Å². The number of amides is 2. The summed E-state index contributed by atoms with van der Waals surface area (Å²) in [6, 6.07) is 1.81. The summed E-state index contributed by atoms with van der Waals surface area (Å²) in [5.74, 6) is -0.536. The molecule has 1 saturated carbocycles. The molecule has 1 saturated heterocycles. The van der Waals surface area contributed by atoms with Crippen molar-refractivity contribution in [3.63, 3.8) is 0 Å². The Bertz CT molecular complexity index is 663. The normalized spacial score (nSPS) is 26.7. The highest BCUT2D eigenvalue weighted by molar-refractivity contribution is 5.96. The average molecular weight is 348 g/mol. The second-order valence-corrected chi connectivity index (χ2v) is 7.14. The van der Waals surface area contributed by atoms with Gasteiger partial charge in [-0.1, -0.05) is 6.92 Å². The molecule has 8 nitrogen and oxygen atoms in total. The molecule has 0 spiro atoms. The van der Waals surface area contributed by atoms with Gasteiger partial charge in [0.1, 0.15) is 6.54 Å². The molecule has 3 rings (SSSR count). The summed E-state index contributed by atoms with van der Waals surface area (Å²) in [7, 11) is 0. The second-order valence-electron chi connectivity index (χ2n) is 7.14. The van der Waals surface area contributed by atoms with Crippen molar-refractivity contribution in [1.82, 2.24) is 14.7 Å². The molecule has 136 valence electrons. The van der Waals surface area contributed by atoms with E-state index in [0.717, 1.165) is 25.7 Å². The van der Waals surface area contributed by atoms with Crippen molar-refractivity contribution in [1.29, 1.82) is 0 Å². The molecule has 2 fully saturated rings. The molecule has 0 unspecified atom stereocenters. The Morgan fingerprint density at radius 3 is 2.72 bits per heavy atom. The summed E-state index contributed by atoms with van der Waals surface area (Å²) >= 11 is 0. The molecule has 1 aliphatic heterocycles. The van der Waals surface area contributed by atoms with Gasteiger partial charge in [-0.25, -0.2) is 0 Å². The largest absolute Gasteiger partial charge is 0.480 e. The third-order valence-corrected chi connectivity index (χ3v) is 5.14. The fourth-order valence-electron chi connectivity index (χ4n) is 3.70. The number of likely N-dealkylation sites (tertiary alicyclic amines) is 1. The van der Waals surface area contributed by atoms with Crippen molar-refractivity contribution >= 4 is 23.6 Å². The van der Waals surface area contributed by atoms with Crippen LogP contribution in [-0.4, -0.2) is 50.2 Å². The van der Waals surface area contributed by atoms with Crippen LogP contribution >= 0.6 is 0 Å². The zero-order valence-corrected chi connectivity index (χ0v) is 14.4. The molecular weight excluding hydrogens is 324 g/mol. The molecule has 1 aliphatic carbocycles. The van der Waals surface area contributed by atoms with Crippen molar-refractivity contribution in [2.24, 2.45) is 11.8 Å². The molecule has 25 heavy (non-hydrogen) atoms. The summed E-state index contributed by atoms with van der Waals surface area (Å²) in [5.41, 5.74) is 0. The molecule has 1 aromatic heterocycles. The van der Waals surface area contributed by atoms with Crippen molar-refractivity contribution in [2.45, 2.75) is 51.6 Å². The predicted molar refractivity (Wildman–Crippen MR) is 89.7 cm³/mol. The van der Waals surface area contributed by atoms with E-state index in [4.69, 9.17) is 5.11 Å². The number of hydrogen-bond donors (Lipinski definition) is 2. The Labute approximate surface area is 146 Å². The summed E-state index contributed by atoms with van der Waals surface area (Å²) in [6.45, 7) is 2.44. The number of carbonyl (C=O) groups is 3. The van der Waals surface area contributed by atoms with Gasteiger partial charge in [-0.15, -0.1) is 0 Å². The van der Waals surface area contributed by atoms with Crippen LogP contribution in [0, 0.1) is 11.8 Å². The van der Waals surface area contributed by atoms with Crippen molar-refractivity contribution in [3.8, 4) is 0 Å². The van der Waals surface area contributed by atoms with Crippen LogP contribution in [0.25, 0.3) is 0 Å². The van der Waals surface area contributed by atoms with E-state index in [2.05, 4.69) is 17.3 Å². The maximum atomic E-state index is 12.4. The minimum absolute atomic E-state index is 0.0520. The van der Waals surface area contributed by atoms with Gasteiger partial charge in [0, 0.05) is 31.3 Å². The van der Waals surface area contributed by atoms with Crippen LogP contribution in [0.1, 0.15) is 39.0 Å². The highest BCUT2D eigenvalue weighted by Gasteiger charge is 2.38. The van der Waals surface area contributed by atoms with Gasteiger partial charge >= 0.3 is 5.97 Å². The number of rotatable bonds is 5. The smallest absolute Gasteiger partial charge is 0.325 e. The molecule has 2 N–H and O–H groups in total. The third kappa shape index (κ3) is 4.18. The number of nitrogens with one attached hydrogen (secondary N) is 1. The number of nitrogens with zero attached hydrogens (tertiary/aromatic N) is 3. The first-order valence-electron chi connectivity index (χ1n) is 8.78. The SMILES string of the molecule is CC1CCC(N2C[C@H](C(=O)Nc3ccn(CC(=O)O)n3)CC2=O)CC1. The summed E-state index contributed by atoms with van der Waals surface area (Å²) < 4.78 is 1.24. The maximum absolute atomic E-state index is 12.4. The van der Waals surface area contributed by atoms with Gasteiger partial charge in [-0.3, -0.25) is 19.1 Å². The van der Waals surface area contributed by atoms with E-state index in [9.17, 15) is 14.4 Å². The number of carbonyl (C=O) groups excluding carboxylic acids is 2. The Hall–Kier alpha value is -2.38. The molecule has 0 radical (unpaired) electrons.